The Morgan fingerprint density at radius 2 is 0.556 bits per heavy atom. The zero-order valence-electron chi connectivity index (χ0n) is 8.87. The molecule has 0 aliphatic carbocycles. The fourth-order valence-electron chi connectivity index (χ4n) is 0. The first-order valence-corrected chi connectivity index (χ1v) is 1.11. The average molecular weight is 380 g/mol. The van der Waals surface area contributed by atoms with E-state index in [1.165, 1.54) is 0 Å². The van der Waals surface area contributed by atoms with Crippen LogP contribution in [0.5, 0.6) is 0 Å². The Kier molecular flexibility index (Phi) is 1930. The van der Waals surface area contributed by atoms with Crippen molar-refractivity contribution in [2.24, 2.45) is 0 Å². The van der Waals surface area contributed by atoms with E-state index < -0.39 is 11.9 Å². The molecule has 0 bridgehead atoms. The molecule has 15 nitrogen and oxygen atoms in total. The summed E-state index contributed by atoms with van der Waals surface area (Å²) in [6.45, 7) is 0. The molecule has 0 unspecified atom stereocenters. The molecule has 0 spiro atoms. The Morgan fingerprint density at radius 3 is 0.556 bits per heavy atom. The van der Waals surface area contributed by atoms with Gasteiger partial charge in [0.1, 0.15) is 0 Å². The SMILES string of the molecule is N.O.O.O.O.O.O.O.O.O.O.O=C(O)C(=O)O.[Nb]. The van der Waals surface area contributed by atoms with Gasteiger partial charge in [0, 0.05) is 22.4 Å². The first kappa shape index (κ1) is 253. The Bertz CT molecular complexity index is 85.8. The van der Waals surface area contributed by atoms with Crippen molar-refractivity contribution in [1.29, 1.82) is 0 Å². The second-order valence-corrected chi connectivity index (χ2v) is 0.610. The van der Waals surface area contributed by atoms with Crippen LogP contribution >= 0.6 is 0 Å². The van der Waals surface area contributed by atoms with Crippen molar-refractivity contribution in [2.45, 2.75) is 0 Å². The molecule has 1 radical (unpaired) electrons. The van der Waals surface area contributed by atoms with Crippen LogP contribution < -0.4 is 6.15 Å². The Labute approximate surface area is 116 Å². The maximum absolute atomic E-state index is 9.10. The van der Waals surface area contributed by atoms with Gasteiger partial charge in [-0.25, -0.2) is 9.59 Å². The predicted molar refractivity (Wildman–Crippen MR) is 56.4 cm³/mol. The quantitative estimate of drug-likeness (QED) is 0.271. The Morgan fingerprint density at radius 1 is 0.500 bits per heavy atom. The minimum Gasteiger partial charge on any atom is -0.473 e. The molecule has 0 aliphatic rings. The first-order valence-electron chi connectivity index (χ1n) is 1.11. The van der Waals surface area contributed by atoms with Gasteiger partial charge in [-0.15, -0.1) is 0 Å². The van der Waals surface area contributed by atoms with E-state index in [0.29, 0.717) is 0 Å². The molecule has 16 heteroatoms. The van der Waals surface area contributed by atoms with Crippen molar-refractivity contribution in [3.8, 4) is 0 Å². The Balaban J connectivity index is -0.00000000189. The summed E-state index contributed by atoms with van der Waals surface area (Å²) in [7, 11) is 0. The molecule has 25 N–H and O–H groups in total. The number of rotatable bonds is 0. The number of carboxylic acids is 2. The zero-order chi connectivity index (χ0) is 5.15. The monoisotopic (exact) mass is 380 g/mol. The molecule has 0 aromatic heterocycles. The van der Waals surface area contributed by atoms with Gasteiger partial charge in [-0.05, 0) is 0 Å². The van der Waals surface area contributed by atoms with Crippen LogP contribution in [-0.2, 0) is 32.0 Å². The van der Waals surface area contributed by atoms with Gasteiger partial charge in [-0.3, -0.25) is 0 Å². The van der Waals surface area contributed by atoms with Crippen LogP contribution in [0.3, 0.4) is 0 Å². The van der Waals surface area contributed by atoms with Crippen LogP contribution in [0.2, 0.25) is 0 Å². The number of hydrogen-bond donors (Lipinski definition) is 3. The third-order valence-corrected chi connectivity index (χ3v) is 0.183. The van der Waals surface area contributed by atoms with Gasteiger partial charge < -0.3 is 71.1 Å². The summed E-state index contributed by atoms with van der Waals surface area (Å²) in [6.07, 6.45) is 0. The minimum atomic E-state index is -1.82. The van der Waals surface area contributed by atoms with Crippen molar-refractivity contribution in [2.75, 3.05) is 0 Å². The standard InChI is InChI=1S/C2H2O4.H3N.Nb.10H2O/c3-1(4)2(5)6;;;;;;;;;;;;/h(H,3,4)(H,5,6);1H3;;10*1H2. The maximum Gasteiger partial charge on any atom is 0.414 e. The largest absolute Gasteiger partial charge is 0.473 e. The third kappa shape index (κ3) is 294. The van der Waals surface area contributed by atoms with Gasteiger partial charge >= 0.3 is 11.9 Å². The third-order valence-electron chi connectivity index (χ3n) is 0.183. The molecule has 127 valence electrons. The molecule has 0 amide bonds. The number of carbonyl (C=O) groups is 2. The minimum absolute atomic E-state index is 0. The molecule has 0 aromatic rings. The smallest absolute Gasteiger partial charge is 0.414 e. The van der Waals surface area contributed by atoms with Crippen molar-refractivity contribution >= 4 is 11.9 Å². The molecule has 0 saturated carbocycles. The summed E-state index contributed by atoms with van der Waals surface area (Å²) < 4.78 is 0. The van der Waals surface area contributed by atoms with Crippen LogP contribution in [0.4, 0.5) is 0 Å². The van der Waals surface area contributed by atoms with Gasteiger partial charge in [0.05, 0.1) is 0 Å². The van der Waals surface area contributed by atoms with E-state index in [9.17, 15) is 0 Å². The van der Waals surface area contributed by atoms with Gasteiger partial charge in [0.25, 0.3) is 0 Å². The number of aliphatic carboxylic acids is 2. The van der Waals surface area contributed by atoms with Crippen LogP contribution in [0.25, 0.3) is 0 Å². The van der Waals surface area contributed by atoms with Crippen LogP contribution in [0.15, 0.2) is 0 Å². The van der Waals surface area contributed by atoms with E-state index in [1.807, 2.05) is 0 Å². The van der Waals surface area contributed by atoms with Crippen LogP contribution in [0, 0.1) is 0 Å². The fourth-order valence-corrected chi connectivity index (χ4v) is 0. The summed E-state index contributed by atoms with van der Waals surface area (Å²) in [5.74, 6) is -3.65. The van der Waals surface area contributed by atoms with E-state index in [2.05, 4.69) is 0 Å². The molecule has 18 heavy (non-hydrogen) atoms. The zero-order valence-corrected chi connectivity index (χ0v) is 11.1. The maximum atomic E-state index is 9.10. The van der Waals surface area contributed by atoms with E-state index in [4.69, 9.17) is 19.8 Å². The Hall–Kier alpha value is -0.760. The molecule has 0 aliphatic heterocycles. The predicted octanol–water partition coefficient (Wildman–Crippen LogP) is -8.93. The van der Waals surface area contributed by atoms with Crippen molar-refractivity contribution in [3.05, 3.63) is 0 Å². The molecular weight excluding hydrogens is 355 g/mol. The van der Waals surface area contributed by atoms with Gasteiger partial charge in [-0.2, -0.15) is 0 Å². The van der Waals surface area contributed by atoms with Gasteiger partial charge in [0.2, 0.25) is 0 Å². The topological polar surface area (TPSA) is 425 Å². The molecule has 0 rings (SSSR count). The second kappa shape index (κ2) is 137. The molecule has 0 aromatic carbocycles. The summed E-state index contributed by atoms with van der Waals surface area (Å²) in [6, 6.07) is 0. The second-order valence-electron chi connectivity index (χ2n) is 0.610. The van der Waals surface area contributed by atoms with Gasteiger partial charge in [-0.1, -0.05) is 0 Å². The van der Waals surface area contributed by atoms with Gasteiger partial charge in [0.15, 0.2) is 0 Å². The molecule has 0 saturated heterocycles. The van der Waals surface area contributed by atoms with E-state index in [1.54, 1.807) is 0 Å². The first-order chi connectivity index (χ1) is 2.64. The van der Waals surface area contributed by atoms with E-state index >= 15 is 0 Å². The van der Waals surface area contributed by atoms with E-state index in [0.717, 1.165) is 0 Å². The van der Waals surface area contributed by atoms with Crippen LogP contribution in [0.1, 0.15) is 0 Å². The molecular formula is C2H25NNbO14. The van der Waals surface area contributed by atoms with Crippen molar-refractivity contribution in [1.82, 2.24) is 6.15 Å². The average Bonchev–Trinajstić information content (AvgIpc) is 1.36. The van der Waals surface area contributed by atoms with Crippen LogP contribution in [-0.4, -0.2) is 76.9 Å². The normalized spacial score (nSPS) is 2.44. The van der Waals surface area contributed by atoms with Crippen molar-refractivity contribution < 1.29 is 96.9 Å². The summed E-state index contributed by atoms with van der Waals surface area (Å²) in [5.41, 5.74) is 0. The number of carboxylic acid groups (broad SMARTS) is 2. The van der Waals surface area contributed by atoms with Crippen molar-refractivity contribution in [3.63, 3.8) is 0 Å². The molecule has 0 heterocycles. The van der Waals surface area contributed by atoms with E-state index in [-0.39, 0.29) is 83.3 Å². The fraction of sp³-hybridized carbons (Fsp3) is 0. The summed E-state index contributed by atoms with van der Waals surface area (Å²) in [4.78, 5) is 18.2. The number of hydrogen-bond acceptors (Lipinski definition) is 3. The molecule has 0 atom stereocenters. The summed E-state index contributed by atoms with van der Waals surface area (Å²) in [5, 5.41) is 14.8. The summed E-state index contributed by atoms with van der Waals surface area (Å²) >= 11 is 0. The molecule has 0 fully saturated rings.